The highest BCUT2D eigenvalue weighted by Gasteiger charge is 2.56. The number of rotatable bonds is 0. The van der Waals surface area contributed by atoms with Crippen LogP contribution in [-0.2, 0) is 0 Å². The van der Waals surface area contributed by atoms with Gasteiger partial charge >= 0.3 is 0 Å². The molecule has 0 nitrogen and oxygen atoms in total. The molecule has 0 aromatic rings. The van der Waals surface area contributed by atoms with Crippen molar-refractivity contribution in [3.8, 4) is 0 Å². The summed E-state index contributed by atoms with van der Waals surface area (Å²) in [5.74, 6) is 5.97. The van der Waals surface area contributed by atoms with E-state index in [1.54, 1.807) is 5.57 Å². The maximum atomic E-state index is 4.31. The summed E-state index contributed by atoms with van der Waals surface area (Å²) in [6.07, 6.45) is 10.8. The minimum atomic E-state index is 0.895. The first-order valence-electron chi connectivity index (χ1n) is 6.22. The van der Waals surface area contributed by atoms with Crippen molar-refractivity contribution in [1.82, 2.24) is 0 Å². The minimum Gasteiger partial charge on any atom is -0.0995 e. The topological polar surface area (TPSA) is 0 Å². The maximum Gasteiger partial charge on any atom is -0.00993 e. The highest BCUT2D eigenvalue weighted by Crippen LogP contribution is 2.64. The zero-order chi connectivity index (χ0) is 9.28. The molecule has 0 heterocycles. The third-order valence-corrected chi connectivity index (χ3v) is 5.57. The van der Waals surface area contributed by atoms with Crippen LogP contribution in [0.15, 0.2) is 24.3 Å². The Morgan fingerprint density at radius 2 is 1.71 bits per heavy atom. The smallest absolute Gasteiger partial charge is 0.00993 e. The molecular formula is C14H18. The molecule has 0 aromatic heterocycles. The fourth-order valence-electron chi connectivity index (χ4n) is 4.76. The van der Waals surface area contributed by atoms with E-state index in [1.165, 1.54) is 25.7 Å². The van der Waals surface area contributed by atoms with Gasteiger partial charge in [-0.05, 0) is 61.2 Å². The van der Waals surface area contributed by atoms with Crippen LogP contribution in [0.25, 0.3) is 0 Å². The van der Waals surface area contributed by atoms with Gasteiger partial charge in [0.25, 0.3) is 0 Å². The molecule has 3 saturated carbocycles. The Morgan fingerprint density at radius 3 is 2.36 bits per heavy atom. The Bertz CT molecular complexity index is 325. The van der Waals surface area contributed by atoms with Crippen molar-refractivity contribution < 1.29 is 0 Å². The Balaban J connectivity index is 1.76. The Hall–Kier alpha value is -0.520. The van der Waals surface area contributed by atoms with Gasteiger partial charge in [0.05, 0.1) is 0 Å². The van der Waals surface area contributed by atoms with Gasteiger partial charge in [0.2, 0.25) is 0 Å². The van der Waals surface area contributed by atoms with E-state index in [2.05, 4.69) is 18.7 Å². The van der Waals surface area contributed by atoms with E-state index in [0.29, 0.717) is 0 Å². The second-order valence-corrected chi connectivity index (χ2v) is 5.83. The van der Waals surface area contributed by atoms with Gasteiger partial charge in [-0.2, -0.15) is 0 Å². The van der Waals surface area contributed by atoms with E-state index in [0.717, 1.165) is 35.5 Å². The maximum absolute atomic E-state index is 4.31. The second kappa shape index (κ2) is 2.35. The third kappa shape index (κ3) is 0.699. The molecule has 74 valence electrons. The molecule has 0 N–H and O–H groups in total. The first-order chi connectivity index (χ1) is 6.86. The van der Waals surface area contributed by atoms with Crippen molar-refractivity contribution in [2.24, 2.45) is 35.5 Å². The summed E-state index contributed by atoms with van der Waals surface area (Å²) in [5.41, 5.74) is 1.58. The lowest BCUT2D eigenvalue weighted by Gasteiger charge is -2.57. The van der Waals surface area contributed by atoms with Crippen LogP contribution in [0.2, 0.25) is 0 Å². The Labute approximate surface area is 86.1 Å². The average molecular weight is 186 g/mol. The SMILES string of the molecule is C=C1CCC2C3CCC3C3C=C[C@@H]3C12. The third-order valence-electron chi connectivity index (χ3n) is 5.57. The van der Waals surface area contributed by atoms with Crippen LogP contribution < -0.4 is 0 Å². The fourth-order valence-corrected chi connectivity index (χ4v) is 4.76. The van der Waals surface area contributed by atoms with Crippen LogP contribution in [0.5, 0.6) is 0 Å². The van der Waals surface area contributed by atoms with Gasteiger partial charge in [0.1, 0.15) is 0 Å². The normalized spacial score (nSPS) is 58.1. The second-order valence-electron chi connectivity index (χ2n) is 5.83. The summed E-state index contributed by atoms with van der Waals surface area (Å²) in [6, 6.07) is 0. The Kier molecular flexibility index (Phi) is 1.30. The molecule has 0 amide bonds. The van der Waals surface area contributed by atoms with Crippen LogP contribution in [0.1, 0.15) is 25.7 Å². The number of fused-ring (bicyclic) bond motifs is 6. The van der Waals surface area contributed by atoms with Crippen LogP contribution >= 0.6 is 0 Å². The lowest BCUT2D eigenvalue weighted by Crippen LogP contribution is -2.51. The van der Waals surface area contributed by atoms with E-state index in [1.807, 2.05) is 0 Å². The molecule has 0 heteroatoms. The monoisotopic (exact) mass is 186 g/mol. The lowest BCUT2D eigenvalue weighted by atomic mass is 9.47. The predicted octanol–water partition coefficient (Wildman–Crippen LogP) is 3.41. The van der Waals surface area contributed by atoms with Crippen molar-refractivity contribution in [1.29, 1.82) is 0 Å². The van der Waals surface area contributed by atoms with E-state index >= 15 is 0 Å². The van der Waals surface area contributed by atoms with Crippen LogP contribution in [0.3, 0.4) is 0 Å². The van der Waals surface area contributed by atoms with Crippen LogP contribution in [0.4, 0.5) is 0 Å². The molecule has 0 aliphatic heterocycles. The summed E-state index contributed by atoms with van der Waals surface area (Å²) < 4.78 is 0. The lowest BCUT2D eigenvalue weighted by molar-refractivity contribution is -0.0351. The molecule has 0 bridgehead atoms. The summed E-state index contributed by atoms with van der Waals surface area (Å²) in [7, 11) is 0. The van der Waals surface area contributed by atoms with Crippen molar-refractivity contribution in [2.75, 3.05) is 0 Å². The van der Waals surface area contributed by atoms with E-state index in [4.69, 9.17) is 0 Å². The molecule has 0 saturated heterocycles. The summed E-state index contributed by atoms with van der Waals surface area (Å²) in [6.45, 7) is 4.31. The summed E-state index contributed by atoms with van der Waals surface area (Å²) >= 11 is 0. The van der Waals surface area contributed by atoms with Crippen molar-refractivity contribution in [3.05, 3.63) is 24.3 Å². The van der Waals surface area contributed by atoms with Gasteiger partial charge < -0.3 is 0 Å². The van der Waals surface area contributed by atoms with Gasteiger partial charge in [-0.1, -0.05) is 24.3 Å². The van der Waals surface area contributed by atoms with Crippen molar-refractivity contribution >= 4 is 0 Å². The quantitative estimate of drug-likeness (QED) is 0.509. The van der Waals surface area contributed by atoms with Crippen LogP contribution in [0, 0.1) is 35.5 Å². The van der Waals surface area contributed by atoms with Gasteiger partial charge in [0, 0.05) is 0 Å². The first-order valence-corrected chi connectivity index (χ1v) is 6.22. The van der Waals surface area contributed by atoms with E-state index in [9.17, 15) is 0 Å². The number of hydrogen-bond acceptors (Lipinski definition) is 0. The molecule has 5 unspecified atom stereocenters. The number of hydrogen-bond donors (Lipinski definition) is 0. The highest BCUT2D eigenvalue weighted by molar-refractivity contribution is 5.27. The highest BCUT2D eigenvalue weighted by atomic mass is 14.6. The first kappa shape index (κ1) is 7.73. The average Bonchev–Trinajstić information content (AvgIpc) is 2.41. The molecule has 0 radical (unpaired) electrons. The molecule has 6 atom stereocenters. The molecular weight excluding hydrogens is 168 g/mol. The van der Waals surface area contributed by atoms with Gasteiger partial charge in [0.15, 0.2) is 0 Å². The summed E-state index contributed by atoms with van der Waals surface area (Å²) in [5, 5.41) is 0. The zero-order valence-corrected chi connectivity index (χ0v) is 8.65. The van der Waals surface area contributed by atoms with Crippen LogP contribution in [-0.4, -0.2) is 0 Å². The molecule has 14 heavy (non-hydrogen) atoms. The van der Waals surface area contributed by atoms with Gasteiger partial charge in [-0.25, -0.2) is 0 Å². The molecule has 0 aromatic carbocycles. The largest absolute Gasteiger partial charge is 0.0995 e. The van der Waals surface area contributed by atoms with Gasteiger partial charge in [-0.3, -0.25) is 0 Å². The van der Waals surface area contributed by atoms with Crippen molar-refractivity contribution in [3.63, 3.8) is 0 Å². The van der Waals surface area contributed by atoms with E-state index in [-0.39, 0.29) is 0 Å². The fraction of sp³-hybridized carbons (Fsp3) is 0.714. The molecule has 4 aliphatic carbocycles. The van der Waals surface area contributed by atoms with Crippen molar-refractivity contribution in [2.45, 2.75) is 25.7 Å². The molecule has 0 spiro atoms. The van der Waals surface area contributed by atoms with Gasteiger partial charge in [-0.15, -0.1) is 0 Å². The minimum absolute atomic E-state index is 0.895. The summed E-state index contributed by atoms with van der Waals surface area (Å²) in [4.78, 5) is 0. The standard InChI is InChI=1S/C14H18/c1-8-2-3-12-10-5-4-9(10)11-6-7-13(11)14(8)12/h6-7,9-14H,1-5H2/t9?,10?,11?,12?,13-,14?/m0/s1. The zero-order valence-electron chi connectivity index (χ0n) is 8.65. The van der Waals surface area contributed by atoms with E-state index < -0.39 is 0 Å². The Morgan fingerprint density at radius 1 is 0.929 bits per heavy atom. The number of allylic oxidation sites excluding steroid dienone is 3. The molecule has 4 aliphatic rings. The molecule has 4 rings (SSSR count). The molecule has 3 fully saturated rings. The predicted molar refractivity (Wildman–Crippen MR) is 57.7 cm³/mol.